The summed E-state index contributed by atoms with van der Waals surface area (Å²) in [6, 6.07) is 8.98. The van der Waals surface area contributed by atoms with E-state index < -0.39 is 12.5 Å². The maximum atomic E-state index is 13.2. The Hall–Kier alpha value is -1.49. The van der Waals surface area contributed by atoms with Crippen LogP contribution in [0.1, 0.15) is 31.7 Å². The molecule has 23 heavy (non-hydrogen) atoms. The normalized spacial score (nSPS) is 17.5. The first-order valence-electron chi connectivity index (χ1n) is 8.37. The van der Waals surface area contributed by atoms with Crippen LogP contribution in [0.5, 0.6) is 0 Å². The SMILES string of the molecule is CC(=O)N1CCC(CNC(CCc2ccccc2)C(F)F)CC1. The van der Waals surface area contributed by atoms with E-state index in [-0.39, 0.29) is 5.91 Å². The monoisotopic (exact) mass is 324 g/mol. The highest BCUT2D eigenvalue weighted by atomic mass is 19.3. The number of alkyl halides is 2. The van der Waals surface area contributed by atoms with Gasteiger partial charge in [-0.25, -0.2) is 8.78 Å². The van der Waals surface area contributed by atoms with Gasteiger partial charge >= 0.3 is 0 Å². The van der Waals surface area contributed by atoms with E-state index in [1.807, 2.05) is 35.2 Å². The van der Waals surface area contributed by atoms with Crippen molar-refractivity contribution in [3.8, 4) is 0 Å². The molecule has 1 aliphatic rings. The third kappa shape index (κ3) is 5.90. The van der Waals surface area contributed by atoms with Crippen molar-refractivity contribution in [2.75, 3.05) is 19.6 Å². The number of nitrogens with one attached hydrogen (secondary N) is 1. The molecule has 1 heterocycles. The average Bonchev–Trinajstić information content (AvgIpc) is 2.56. The van der Waals surface area contributed by atoms with Crippen LogP contribution in [0.2, 0.25) is 0 Å². The number of nitrogens with zero attached hydrogens (tertiary/aromatic N) is 1. The van der Waals surface area contributed by atoms with Gasteiger partial charge < -0.3 is 10.2 Å². The first kappa shape index (κ1) is 17.9. The van der Waals surface area contributed by atoms with E-state index >= 15 is 0 Å². The van der Waals surface area contributed by atoms with Gasteiger partial charge in [-0.2, -0.15) is 0 Å². The van der Waals surface area contributed by atoms with Gasteiger partial charge in [-0.05, 0) is 43.7 Å². The summed E-state index contributed by atoms with van der Waals surface area (Å²) in [7, 11) is 0. The van der Waals surface area contributed by atoms with Crippen molar-refractivity contribution >= 4 is 5.91 Å². The van der Waals surface area contributed by atoms with Crippen LogP contribution in [0.4, 0.5) is 8.78 Å². The van der Waals surface area contributed by atoms with Gasteiger partial charge in [-0.3, -0.25) is 4.79 Å². The molecule has 1 fully saturated rings. The van der Waals surface area contributed by atoms with E-state index in [4.69, 9.17) is 0 Å². The number of carbonyl (C=O) groups is 1. The lowest BCUT2D eigenvalue weighted by Crippen LogP contribution is -2.43. The lowest BCUT2D eigenvalue weighted by atomic mass is 9.96. The van der Waals surface area contributed by atoms with Crippen molar-refractivity contribution in [3.63, 3.8) is 0 Å². The number of aryl methyl sites for hydroxylation is 1. The van der Waals surface area contributed by atoms with Gasteiger partial charge in [0.25, 0.3) is 6.43 Å². The van der Waals surface area contributed by atoms with Crippen LogP contribution < -0.4 is 5.32 Å². The highest BCUT2D eigenvalue weighted by Crippen LogP contribution is 2.18. The Morgan fingerprint density at radius 3 is 2.48 bits per heavy atom. The minimum Gasteiger partial charge on any atom is -0.343 e. The Kier molecular flexibility index (Phi) is 6.96. The number of likely N-dealkylation sites (tertiary alicyclic amines) is 1. The number of rotatable bonds is 7. The van der Waals surface area contributed by atoms with Crippen LogP contribution in [-0.4, -0.2) is 42.9 Å². The molecule has 0 saturated carbocycles. The summed E-state index contributed by atoms with van der Waals surface area (Å²) >= 11 is 0. The number of amides is 1. The molecule has 1 N–H and O–H groups in total. The van der Waals surface area contributed by atoms with E-state index in [1.54, 1.807) is 6.92 Å². The Balaban J connectivity index is 1.73. The Morgan fingerprint density at radius 1 is 1.26 bits per heavy atom. The number of hydrogen-bond donors (Lipinski definition) is 1. The summed E-state index contributed by atoms with van der Waals surface area (Å²) in [5.74, 6) is 0.480. The quantitative estimate of drug-likeness (QED) is 0.836. The minimum atomic E-state index is -2.35. The van der Waals surface area contributed by atoms with Crippen molar-refractivity contribution in [3.05, 3.63) is 35.9 Å². The summed E-state index contributed by atoms with van der Waals surface area (Å²) in [5, 5.41) is 3.05. The average molecular weight is 324 g/mol. The first-order valence-corrected chi connectivity index (χ1v) is 8.37. The highest BCUT2D eigenvalue weighted by molar-refractivity contribution is 5.73. The molecule has 0 aliphatic carbocycles. The van der Waals surface area contributed by atoms with E-state index in [2.05, 4.69) is 5.32 Å². The topological polar surface area (TPSA) is 32.3 Å². The summed E-state index contributed by atoms with van der Waals surface area (Å²) < 4.78 is 26.4. The molecule has 5 heteroatoms. The zero-order valence-electron chi connectivity index (χ0n) is 13.7. The van der Waals surface area contributed by atoms with E-state index in [1.165, 1.54) is 0 Å². The van der Waals surface area contributed by atoms with Gasteiger partial charge in [0.15, 0.2) is 0 Å². The lowest BCUT2D eigenvalue weighted by Gasteiger charge is -2.32. The maximum absolute atomic E-state index is 13.2. The number of hydrogen-bond acceptors (Lipinski definition) is 2. The summed E-state index contributed by atoms with van der Waals surface area (Å²) in [4.78, 5) is 13.1. The van der Waals surface area contributed by atoms with Gasteiger partial charge in [-0.15, -0.1) is 0 Å². The molecular weight excluding hydrogens is 298 g/mol. The molecular formula is C18H26F2N2O. The van der Waals surface area contributed by atoms with Crippen molar-refractivity contribution < 1.29 is 13.6 Å². The van der Waals surface area contributed by atoms with Crippen LogP contribution >= 0.6 is 0 Å². The summed E-state index contributed by atoms with van der Waals surface area (Å²) in [6.07, 6.45) is 0.526. The fourth-order valence-electron chi connectivity index (χ4n) is 3.05. The predicted octanol–water partition coefficient (Wildman–Crippen LogP) is 3.10. The molecule has 3 nitrogen and oxygen atoms in total. The maximum Gasteiger partial charge on any atom is 0.253 e. The number of piperidine rings is 1. The van der Waals surface area contributed by atoms with E-state index in [0.717, 1.165) is 31.5 Å². The second-order valence-electron chi connectivity index (χ2n) is 6.32. The van der Waals surface area contributed by atoms with Crippen molar-refractivity contribution in [1.82, 2.24) is 10.2 Å². The van der Waals surface area contributed by atoms with Crippen LogP contribution in [0.3, 0.4) is 0 Å². The summed E-state index contributed by atoms with van der Waals surface area (Å²) in [5.41, 5.74) is 1.09. The van der Waals surface area contributed by atoms with Crippen LogP contribution in [0.15, 0.2) is 30.3 Å². The molecule has 1 amide bonds. The largest absolute Gasteiger partial charge is 0.343 e. The zero-order chi connectivity index (χ0) is 16.7. The first-order chi connectivity index (χ1) is 11.1. The van der Waals surface area contributed by atoms with Gasteiger partial charge in [0.2, 0.25) is 5.91 Å². The van der Waals surface area contributed by atoms with Crippen LogP contribution in [0, 0.1) is 5.92 Å². The second-order valence-corrected chi connectivity index (χ2v) is 6.32. The van der Waals surface area contributed by atoms with Crippen molar-refractivity contribution in [1.29, 1.82) is 0 Å². The molecule has 1 aromatic rings. The molecule has 0 spiro atoms. The standard InChI is InChI=1S/C18H26F2N2O/c1-14(23)22-11-9-16(10-12-22)13-21-17(18(19)20)8-7-15-5-3-2-4-6-15/h2-6,16-18,21H,7-13H2,1H3. The number of halogens is 2. The van der Waals surface area contributed by atoms with Gasteiger partial charge in [0, 0.05) is 20.0 Å². The van der Waals surface area contributed by atoms with Gasteiger partial charge in [-0.1, -0.05) is 30.3 Å². The third-order valence-corrected chi connectivity index (χ3v) is 4.62. The van der Waals surface area contributed by atoms with Gasteiger partial charge in [0.1, 0.15) is 0 Å². The zero-order valence-corrected chi connectivity index (χ0v) is 13.7. The fraction of sp³-hybridized carbons (Fsp3) is 0.611. The Labute approximate surface area is 137 Å². The Bertz CT molecular complexity index is 473. The number of carbonyl (C=O) groups excluding carboxylic acids is 1. The van der Waals surface area contributed by atoms with Crippen LogP contribution in [0.25, 0.3) is 0 Å². The van der Waals surface area contributed by atoms with Crippen molar-refractivity contribution in [2.24, 2.45) is 5.92 Å². The predicted molar refractivity (Wildman–Crippen MR) is 87.5 cm³/mol. The molecule has 1 saturated heterocycles. The molecule has 1 aromatic carbocycles. The fourth-order valence-corrected chi connectivity index (χ4v) is 3.05. The minimum absolute atomic E-state index is 0.102. The molecule has 1 atom stereocenters. The molecule has 1 unspecified atom stereocenters. The number of benzene rings is 1. The molecule has 2 rings (SSSR count). The molecule has 0 aromatic heterocycles. The van der Waals surface area contributed by atoms with Gasteiger partial charge in [0.05, 0.1) is 6.04 Å². The highest BCUT2D eigenvalue weighted by Gasteiger charge is 2.24. The second kappa shape index (κ2) is 8.96. The lowest BCUT2D eigenvalue weighted by molar-refractivity contribution is -0.130. The Morgan fingerprint density at radius 2 is 1.91 bits per heavy atom. The third-order valence-electron chi connectivity index (χ3n) is 4.62. The van der Waals surface area contributed by atoms with E-state index in [9.17, 15) is 13.6 Å². The molecule has 1 aliphatic heterocycles. The van der Waals surface area contributed by atoms with Crippen molar-refractivity contribution in [2.45, 2.75) is 45.1 Å². The molecule has 0 radical (unpaired) electrons. The van der Waals surface area contributed by atoms with Crippen LogP contribution in [-0.2, 0) is 11.2 Å². The summed E-state index contributed by atoms with van der Waals surface area (Å²) in [6.45, 7) is 3.67. The molecule has 128 valence electrons. The van der Waals surface area contributed by atoms with E-state index in [0.29, 0.717) is 25.3 Å². The smallest absolute Gasteiger partial charge is 0.253 e. The molecule has 0 bridgehead atoms.